The van der Waals surface area contributed by atoms with Gasteiger partial charge in [-0.25, -0.2) is 14.1 Å². The molecule has 6 heteroatoms. The Morgan fingerprint density at radius 3 is 2.71 bits per heavy atom. The number of hydrogen-bond donors (Lipinski definition) is 2. The maximum Gasteiger partial charge on any atom is 0.138 e. The highest BCUT2D eigenvalue weighted by Gasteiger charge is 2.16. The summed E-state index contributed by atoms with van der Waals surface area (Å²) >= 11 is 0. The monoisotopic (exact) mass is 291 g/mol. The number of nitrogens with one attached hydrogen (secondary N) is 1. The second kappa shape index (κ2) is 6.78. The topological polar surface area (TPSA) is 68.8 Å². The van der Waals surface area contributed by atoms with Crippen LogP contribution in [0.3, 0.4) is 0 Å². The Morgan fingerprint density at radius 1 is 1.33 bits per heavy atom. The Morgan fingerprint density at radius 2 is 2.10 bits per heavy atom. The van der Waals surface area contributed by atoms with Crippen LogP contribution in [0.2, 0.25) is 0 Å². The lowest BCUT2D eigenvalue weighted by Crippen LogP contribution is -2.30. The van der Waals surface area contributed by atoms with E-state index in [9.17, 15) is 4.39 Å². The summed E-state index contributed by atoms with van der Waals surface area (Å²) in [4.78, 5) is 4.29. The molecule has 1 aromatic heterocycles. The van der Waals surface area contributed by atoms with Gasteiger partial charge in [-0.1, -0.05) is 19.9 Å². The van der Waals surface area contributed by atoms with E-state index in [2.05, 4.69) is 29.4 Å². The first-order valence-corrected chi connectivity index (χ1v) is 7.09. The van der Waals surface area contributed by atoms with Crippen molar-refractivity contribution in [3.05, 3.63) is 47.3 Å². The van der Waals surface area contributed by atoms with Gasteiger partial charge in [0.15, 0.2) is 0 Å². The van der Waals surface area contributed by atoms with Crippen molar-refractivity contribution in [1.82, 2.24) is 20.2 Å². The van der Waals surface area contributed by atoms with Gasteiger partial charge in [0.25, 0.3) is 0 Å². The third-order valence-corrected chi connectivity index (χ3v) is 3.29. The molecule has 0 spiro atoms. The van der Waals surface area contributed by atoms with Gasteiger partial charge in [-0.3, -0.25) is 11.3 Å². The minimum absolute atomic E-state index is 0.200. The van der Waals surface area contributed by atoms with Crippen LogP contribution < -0.4 is 11.3 Å². The summed E-state index contributed by atoms with van der Waals surface area (Å²) in [6.45, 7) is 6.91. The summed E-state index contributed by atoms with van der Waals surface area (Å²) in [5, 5.41) is 4.24. The molecular formula is C15H22FN5. The van der Waals surface area contributed by atoms with Crippen LogP contribution in [0.4, 0.5) is 4.39 Å². The van der Waals surface area contributed by atoms with E-state index in [1.54, 1.807) is 6.33 Å². The number of benzene rings is 1. The fraction of sp³-hybridized carbons (Fsp3) is 0.467. The van der Waals surface area contributed by atoms with Gasteiger partial charge in [-0.05, 0) is 36.1 Å². The van der Waals surface area contributed by atoms with Crippen molar-refractivity contribution in [2.75, 3.05) is 0 Å². The molecule has 114 valence electrons. The molecule has 1 atom stereocenters. The number of hydrogen-bond acceptors (Lipinski definition) is 4. The minimum Gasteiger partial charge on any atom is -0.271 e. The maximum atomic E-state index is 13.6. The fourth-order valence-corrected chi connectivity index (χ4v) is 2.37. The van der Waals surface area contributed by atoms with Crippen LogP contribution in [0, 0.1) is 18.7 Å². The van der Waals surface area contributed by atoms with E-state index in [1.807, 2.05) is 17.7 Å². The van der Waals surface area contributed by atoms with Gasteiger partial charge in [0, 0.05) is 13.0 Å². The van der Waals surface area contributed by atoms with Crippen molar-refractivity contribution in [3.8, 4) is 0 Å². The summed E-state index contributed by atoms with van der Waals surface area (Å²) < 4.78 is 15.4. The van der Waals surface area contributed by atoms with Gasteiger partial charge in [-0.15, -0.1) is 0 Å². The Labute approximate surface area is 124 Å². The van der Waals surface area contributed by atoms with Crippen LogP contribution in [-0.4, -0.2) is 14.8 Å². The Hall–Kier alpha value is -1.79. The molecule has 0 aliphatic rings. The summed E-state index contributed by atoms with van der Waals surface area (Å²) in [5.41, 5.74) is 4.43. The zero-order valence-corrected chi connectivity index (χ0v) is 12.7. The van der Waals surface area contributed by atoms with Gasteiger partial charge in [0.05, 0.1) is 6.04 Å². The lowest BCUT2D eigenvalue weighted by atomic mass is 10.0. The Bertz CT molecular complexity index is 573. The van der Waals surface area contributed by atoms with Crippen LogP contribution in [0.25, 0.3) is 0 Å². The van der Waals surface area contributed by atoms with Crippen molar-refractivity contribution in [3.63, 3.8) is 0 Å². The lowest BCUT2D eigenvalue weighted by Gasteiger charge is -2.17. The Kier molecular flexibility index (Phi) is 5.03. The van der Waals surface area contributed by atoms with Crippen molar-refractivity contribution < 1.29 is 4.39 Å². The first-order valence-electron chi connectivity index (χ1n) is 7.09. The molecule has 0 aliphatic heterocycles. The van der Waals surface area contributed by atoms with Crippen LogP contribution >= 0.6 is 0 Å². The van der Waals surface area contributed by atoms with Crippen LogP contribution in [0.1, 0.15) is 36.8 Å². The molecule has 0 amide bonds. The van der Waals surface area contributed by atoms with Crippen LogP contribution in [-0.2, 0) is 13.0 Å². The molecule has 0 aliphatic carbocycles. The highest BCUT2D eigenvalue weighted by molar-refractivity contribution is 5.26. The highest BCUT2D eigenvalue weighted by atomic mass is 19.1. The summed E-state index contributed by atoms with van der Waals surface area (Å²) in [6.07, 6.45) is 2.11. The molecule has 0 fully saturated rings. The third-order valence-electron chi connectivity index (χ3n) is 3.29. The summed E-state index contributed by atoms with van der Waals surface area (Å²) in [7, 11) is 0. The maximum absolute atomic E-state index is 13.6. The van der Waals surface area contributed by atoms with Gasteiger partial charge >= 0.3 is 0 Å². The SMILES string of the molecule is Cc1cc(F)cc(C(Cc2ncnn2CC(C)C)NN)c1. The molecule has 3 N–H and O–H groups in total. The Balaban J connectivity index is 2.21. The molecule has 1 heterocycles. The first-order chi connectivity index (χ1) is 9.99. The average molecular weight is 291 g/mol. The predicted octanol–water partition coefficient (Wildman–Crippen LogP) is 2.13. The quantitative estimate of drug-likeness (QED) is 0.632. The van der Waals surface area contributed by atoms with E-state index in [-0.39, 0.29) is 11.9 Å². The molecule has 5 nitrogen and oxygen atoms in total. The predicted molar refractivity (Wildman–Crippen MR) is 79.8 cm³/mol. The van der Waals surface area contributed by atoms with Gasteiger partial charge in [0.2, 0.25) is 0 Å². The molecule has 1 aromatic carbocycles. The number of rotatable bonds is 6. The number of halogens is 1. The molecule has 0 bridgehead atoms. The average Bonchev–Trinajstić information content (AvgIpc) is 2.81. The molecule has 0 saturated heterocycles. The molecule has 0 saturated carbocycles. The number of aromatic nitrogens is 3. The van der Waals surface area contributed by atoms with E-state index >= 15 is 0 Å². The highest BCUT2D eigenvalue weighted by Crippen LogP contribution is 2.19. The van der Waals surface area contributed by atoms with Gasteiger partial charge in [0.1, 0.15) is 18.0 Å². The van der Waals surface area contributed by atoms with Crippen LogP contribution in [0.5, 0.6) is 0 Å². The third kappa shape index (κ3) is 4.09. The van der Waals surface area contributed by atoms with E-state index in [0.717, 1.165) is 23.5 Å². The molecular weight excluding hydrogens is 269 g/mol. The number of aryl methyl sites for hydroxylation is 1. The lowest BCUT2D eigenvalue weighted by molar-refractivity contribution is 0.446. The zero-order chi connectivity index (χ0) is 15.4. The van der Waals surface area contributed by atoms with Gasteiger partial charge < -0.3 is 0 Å². The number of hydrazine groups is 1. The second-order valence-corrected chi connectivity index (χ2v) is 5.74. The summed E-state index contributed by atoms with van der Waals surface area (Å²) in [6, 6.07) is 4.73. The van der Waals surface area contributed by atoms with Crippen molar-refractivity contribution in [2.45, 2.75) is 39.8 Å². The number of nitrogens with two attached hydrogens (primary N) is 1. The van der Waals surface area contributed by atoms with E-state index in [1.165, 1.54) is 12.1 Å². The second-order valence-electron chi connectivity index (χ2n) is 5.74. The van der Waals surface area contributed by atoms with E-state index < -0.39 is 0 Å². The fourth-order valence-electron chi connectivity index (χ4n) is 2.37. The van der Waals surface area contributed by atoms with E-state index in [4.69, 9.17) is 5.84 Å². The van der Waals surface area contributed by atoms with Crippen LogP contribution in [0.15, 0.2) is 24.5 Å². The molecule has 2 rings (SSSR count). The van der Waals surface area contributed by atoms with Crippen molar-refractivity contribution in [2.24, 2.45) is 11.8 Å². The molecule has 21 heavy (non-hydrogen) atoms. The molecule has 2 aromatic rings. The summed E-state index contributed by atoms with van der Waals surface area (Å²) in [5.74, 6) is 6.71. The minimum atomic E-state index is -0.256. The smallest absolute Gasteiger partial charge is 0.138 e. The zero-order valence-electron chi connectivity index (χ0n) is 12.7. The normalized spacial score (nSPS) is 12.9. The molecule has 1 unspecified atom stereocenters. The largest absolute Gasteiger partial charge is 0.271 e. The first kappa shape index (κ1) is 15.6. The van der Waals surface area contributed by atoms with Crippen molar-refractivity contribution in [1.29, 1.82) is 0 Å². The number of nitrogens with zero attached hydrogens (tertiary/aromatic N) is 3. The van der Waals surface area contributed by atoms with E-state index in [0.29, 0.717) is 12.3 Å². The molecule has 0 radical (unpaired) electrons. The standard InChI is InChI=1S/C15H22FN5/c1-10(2)8-21-15(18-9-19-21)7-14(20-17)12-4-11(3)5-13(16)6-12/h4-6,9-10,14,20H,7-8,17H2,1-3H3. The van der Waals surface area contributed by atoms with Gasteiger partial charge in [-0.2, -0.15) is 5.10 Å². The van der Waals surface area contributed by atoms with Crippen molar-refractivity contribution >= 4 is 0 Å².